The second-order valence-corrected chi connectivity index (χ2v) is 3.63. The molecule has 0 saturated heterocycles. The van der Waals surface area contributed by atoms with E-state index in [0.29, 0.717) is 17.9 Å². The Hall–Kier alpha value is -2.29. The number of nitrogens with two attached hydrogens (primary N) is 1. The van der Waals surface area contributed by atoms with E-state index >= 15 is 0 Å². The van der Waals surface area contributed by atoms with Crippen LogP contribution >= 0.6 is 0 Å². The van der Waals surface area contributed by atoms with Gasteiger partial charge in [-0.25, -0.2) is 0 Å². The largest absolute Gasteiger partial charge is 0.488 e. The van der Waals surface area contributed by atoms with Gasteiger partial charge in [0.1, 0.15) is 12.4 Å². The summed E-state index contributed by atoms with van der Waals surface area (Å²) < 4.78 is 5.58. The molecule has 0 aliphatic carbocycles. The molecule has 0 unspecified atom stereocenters. The topological polar surface area (TPSA) is 52.3 Å². The number of carbonyl (C=O) groups is 1. The van der Waals surface area contributed by atoms with E-state index in [1.807, 2.05) is 36.4 Å². The van der Waals surface area contributed by atoms with Crippen LogP contribution in [0.4, 0.5) is 0 Å². The highest BCUT2D eigenvalue weighted by molar-refractivity contribution is 5.95. The number of amides is 1. The maximum absolute atomic E-state index is 11.2. The summed E-state index contributed by atoms with van der Waals surface area (Å²) in [6.07, 6.45) is 0. The van der Waals surface area contributed by atoms with Gasteiger partial charge in [0.05, 0.1) is 5.56 Å². The molecule has 86 valence electrons. The Morgan fingerprint density at radius 2 is 1.65 bits per heavy atom. The van der Waals surface area contributed by atoms with E-state index in [2.05, 4.69) is 0 Å². The van der Waals surface area contributed by atoms with Crippen LogP contribution in [-0.4, -0.2) is 5.91 Å². The molecule has 2 N–H and O–H groups in total. The molecule has 17 heavy (non-hydrogen) atoms. The van der Waals surface area contributed by atoms with Crippen molar-refractivity contribution in [1.82, 2.24) is 0 Å². The molecule has 0 spiro atoms. The lowest BCUT2D eigenvalue weighted by Gasteiger charge is -2.09. The maximum Gasteiger partial charge on any atom is 0.252 e. The lowest BCUT2D eigenvalue weighted by molar-refractivity contribution is 0.0996. The zero-order valence-electron chi connectivity index (χ0n) is 9.30. The van der Waals surface area contributed by atoms with E-state index in [0.717, 1.165) is 5.56 Å². The van der Waals surface area contributed by atoms with Crippen molar-refractivity contribution in [2.45, 2.75) is 6.61 Å². The van der Waals surface area contributed by atoms with Gasteiger partial charge in [0.25, 0.3) is 5.91 Å². The molecule has 0 aliphatic heterocycles. The molecule has 0 radical (unpaired) electrons. The molecule has 2 aromatic carbocycles. The van der Waals surface area contributed by atoms with Crippen LogP contribution in [0.3, 0.4) is 0 Å². The standard InChI is InChI=1S/C14H13NO2/c15-14(16)12-8-4-5-9-13(12)17-10-11-6-2-1-3-7-11/h1-9H,10H2,(H2,15,16). The highest BCUT2D eigenvalue weighted by atomic mass is 16.5. The summed E-state index contributed by atoms with van der Waals surface area (Å²) in [7, 11) is 0. The Labute approximate surface area is 99.8 Å². The average Bonchev–Trinajstić information content (AvgIpc) is 2.38. The van der Waals surface area contributed by atoms with Gasteiger partial charge in [-0.15, -0.1) is 0 Å². The molecule has 1 amide bonds. The molecule has 3 heteroatoms. The predicted molar refractivity (Wildman–Crippen MR) is 65.7 cm³/mol. The highest BCUT2D eigenvalue weighted by Crippen LogP contribution is 2.18. The fourth-order valence-electron chi connectivity index (χ4n) is 1.53. The van der Waals surface area contributed by atoms with Gasteiger partial charge in [-0.2, -0.15) is 0 Å². The Morgan fingerprint density at radius 1 is 1.00 bits per heavy atom. The number of ether oxygens (including phenoxy) is 1. The summed E-state index contributed by atoms with van der Waals surface area (Å²) >= 11 is 0. The van der Waals surface area contributed by atoms with Gasteiger partial charge in [-0.1, -0.05) is 42.5 Å². The Kier molecular flexibility index (Phi) is 3.40. The molecule has 0 heterocycles. The van der Waals surface area contributed by atoms with Gasteiger partial charge < -0.3 is 10.5 Å². The number of carbonyl (C=O) groups excluding carboxylic acids is 1. The summed E-state index contributed by atoms with van der Waals surface area (Å²) in [5.41, 5.74) is 6.72. The lowest BCUT2D eigenvalue weighted by atomic mass is 10.2. The minimum Gasteiger partial charge on any atom is -0.488 e. The molecule has 2 aromatic rings. The predicted octanol–water partition coefficient (Wildman–Crippen LogP) is 2.36. The maximum atomic E-state index is 11.2. The monoisotopic (exact) mass is 227 g/mol. The van der Waals surface area contributed by atoms with Gasteiger partial charge >= 0.3 is 0 Å². The number of hydrogen-bond acceptors (Lipinski definition) is 2. The Bertz CT molecular complexity index is 509. The smallest absolute Gasteiger partial charge is 0.252 e. The SMILES string of the molecule is NC(=O)c1ccccc1OCc1ccccc1. The third-order valence-electron chi connectivity index (χ3n) is 2.39. The normalized spacial score (nSPS) is 9.88. The van der Waals surface area contributed by atoms with Crippen LogP contribution in [-0.2, 0) is 6.61 Å². The lowest BCUT2D eigenvalue weighted by Crippen LogP contribution is -2.12. The molecule has 0 saturated carbocycles. The number of benzene rings is 2. The summed E-state index contributed by atoms with van der Waals surface area (Å²) in [5, 5.41) is 0. The summed E-state index contributed by atoms with van der Waals surface area (Å²) in [6, 6.07) is 16.7. The number of primary amides is 1. The zero-order valence-corrected chi connectivity index (χ0v) is 9.30. The summed E-state index contributed by atoms with van der Waals surface area (Å²) in [6.45, 7) is 0.422. The Morgan fingerprint density at radius 3 is 2.35 bits per heavy atom. The summed E-state index contributed by atoms with van der Waals surface area (Å²) in [4.78, 5) is 11.2. The number of rotatable bonds is 4. The third-order valence-corrected chi connectivity index (χ3v) is 2.39. The molecule has 3 nitrogen and oxygen atoms in total. The van der Waals surface area contributed by atoms with Crippen LogP contribution in [0.25, 0.3) is 0 Å². The first-order chi connectivity index (χ1) is 8.27. The van der Waals surface area contributed by atoms with Crippen LogP contribution in [0, 0.1) is 0 Å². The van der Waals surface area contributed by atoms with E-state index in [1.165, 1.54) is 0 Å². The second kappa shape index (κ2) is 5.16. The van der Waals surface area contributed by atoms with Gasteiger partial charge in [-0.05, 0) is 17.7 Å². The van der Waals surface area contributed by atoms with E-state index in [-0.39, 0.29) is 0 Å². The van der Waals surface area contributed by atoms with Crippen LogP contribution in [0.2, 0.25) is 0 Å². The van der Waals surface area contributed by atoms with Crippen molar-refractivity contribution < 1.29 is 9.53 Å². The van der Waals surface area contributed by atoms with Crippen molar-refractivity contribution in [3.8, 4) is 5.75 Å². The minimum atomic E-state index is -0.478. The molecular weight excluding hydrogens is 214 g/mol. The molecule has 0 fully saturated rings. The van der Waals surface area contributed by atoms with Gasteiger partial charge in [0, 0.05) is 0 Å². The molecule has 0 aliphatic rings. The van der Waals surface area contributed by atoms with Crippen molar-refractivity contribution in [3.05, 3.63) is 65.7 Å². The van der Waals surface area contributed by atoms with Crippen molar-refractivity contribution >= 4 is 5.91 Å². The Balaban J connectivity index is 2.12. The van der Waals surface area contributed by atoms with Crippen molar-refractivity contribution in [2.24, 2.45) is 5.73 Å². The second-order valence-electron chi connectivity index (χ2n) is 3.63. The molecular formula is C14H13NO2. The molecule has 2 rings (SSSR count). The first kappa shape index (κ1) is 11.2. The van der Waals surface area contributed by atoms with E-state index in [4.69, 9.17) is 10.5 Å². The van der Waals surface area contributed by atoms with Crippen molar-refractivity contribution in [1.29, 1.82) is 0 Å². The van der Waals surface area contributed by atoms with E-state index in [1.54, 1.807) is 18.2 Å². The van der Waals surface area contributed by atoms with Crippen molar-refractivity contribution in [3.63, 3.8) is 0 Å². The van der Waals surface area contributed by atoms with E-state index in [9.17, 15) is 4.79 Å². The molecule has 0 bridgehead atoms. The average molecular weight is 227 g/mol. The molecule has 0 atom stereocenters. The van der Waals surface area contributed by atoms with Crippen LogP contribution in [0.1, 0.15) is 15.9 Å². The fraction of sp³-hybridized carbons (Fsp3) is 0.0714. The highest BCUT2D eigenvalue weighted by Gasteiger charge is 2.07. The quantitative estimate of drug-likeness (QED) is 0.871. The van der Waals surface area contributed by atoms with Gasteiger partial charge in [-0.3, -0.25) is 4.79 Å². The number of para-hydroxylation sites is 1. The van der Waals surface area contributed by atoms with E-state index < -0.39 is 5.91 Å². The first-order valence-corrected chi connectivity index (χ1v) is 5.33. The number of hydrogen-bond donors (Lipinski definition) is 1. The van der Waals surface area contributed by atoms with Crippen molar-refractivity contribution in [2.75, 3.05) is 0 Å². The minimum absolute atomic E-state index is 0.406. The van der Waals surface area contributed by atoms with Gasteiger partial charge in [0.2, 0.25) is 0 Å². The molecule has 0 aromatic heterocycles. The third kappa shape index (κ3) is 2.84. The summed E-state index contributed by atoms with van der Waals surface area (Å²) in [5.74, 6) is 0.0394. The van der Waals surface area contributed by atoms with Gasteiger partial charge in [0.15, 0.2) is 0 Å². The van der Waals surface area contributed by atoms with Crippen LogP contribution in [0.5, 0.6) is 5.75 Å². The van der Waals surface area contributed by atoms with Crippen LogP contribution in [0.15, 0.2) is 54.6 Å². The van der Waals surface area contributed by atoms with Crippen LogP contribution < -0.4 is 10.5 Å². The zero-order chi connectivity index (χ0) is 12.1. The first-order valence-electron chi connectivity index (χ1n) is 5.33. The fourth-order valence-corrected chi connectivity index (χ4v) is 1.53.